The Balaban J connectivity index is 5.06. The standard InChI is InChI=1S/C11H14O6/c1-5-6-8(10(13)15-3)9(11(14)16-4)17-7(2)12/h1,8-9H,6H2,2-4H3/t8-,9+/m0/s1. The maximum Gasteiger partial charge on any atom is 0.348 e. The minimum atomic E-state index is -1.39. The van der Waals surface area contributed by atoms with Crippen molar-refractivity contribution in [3.63, 3.8) is 0 Å². The summed E-state index contributed by atoms with van der Waals surface area (Å²) >= 11 is 0. The minimum absolute atomic E-state index is 0.0975. The highest BCUT2D eigenvalue weighted by atomic mass is 16.6. The predicted molar refractivity (Wildman–Crippen MR) is 56.5 cm³/mol. The van der Waals surface area contributed by atoms with Crippen LogP contribution in [-0.4, -0.2) is 38.2 Å². The zero-order valence-electron chi connectivity index (χ0n) is 9.89. The van der Waals surface area contributed by atoms with E-state index in [1.165, 1.54) is 0 Å². The van der Waals surface area contributed by atoms with Crippen LogP contribution in [0.1, 0.15) is 13.3 Å². The molecule has 0 amide bonds. The van der Waals surface area contributed by atoms with Gasteiger partial charge in [0.15, 0.2) is 0 Å². The number of carbonyl (C=O) groups excluding carboxylic acids is 3. The highest BCUT2D eigenvalue weighted by Crippen LogP contribution is 2.16. The van der Waals surface area contributed by atoms with Crippen LogP contribution < -0.4 is 0 Å². The quantitative estimate of drug-likeness (QED) is 0.380. The van der Waals surface area contributed by atoms with E-state index in [-0.39, 0.29) is 6.42 Å². The molecule has 0 saturated carbocycles. The second-order valence-corrected chi connectivity index (χ2v) is 3.09. The summed E-state index contributed by atoms with van der Waals surface area (Å²) < 4.78 is 13.7. The van der Waals surface area contributed by atoms with Crippen LogP contribution in [0.5, 0.6) is 0 Å². The highest BCUT2D eigenvalue weighted by molar-refractivity contribution is 5.86. The van der Waals surface area contributed by atoms with Crippen molar-refractivity contribution in [3.05, 3.63) is 0 Å². The van der Waals surface area contributed by atoms with Crippen molar-refractivity contribution in [1.82, 2.24) is 0 Å². The van der Waals surface area contributed by atoms with Gasteiger partial charge in [-0.15, -0.1) is 12.3 Å². The minimum Gasteiger partial charge on any atom is -0.469 e. The molecule has 6 nitrogen and oxygen atoms in total. The molecule has 0 rings (SSSR count). The van der Waals surface area contributed by atoms with E-state index >= 15 is 0 Å². The fourth-order valence-corrected chi connectivity index (χ4v) is 1.18. The first-order chi connectivity index (χ1) is 7.97. The summed E-state index contributed by atoms with van der Waals surface area (Å²) in [5, 5.41) is 0. The molecule has 6 heteroatoms. The molecule has 94 valence electrons. The second-order valence-electron chi connectivity index (χ2n) is 3.09. The lowest BCUT2D eigenvalue weighted by molar-refractivity contribution is -0.174. The van der Waals surface area contributed by atoms with E-state index in [2.05, 4.69) is 15.4 Å². The van der Waals surface area contributed by atoms with Crippen LogP contribution in [0, 0.1) is 18.3 Å². The Labute approximate surface area is 99.2 Å². The van der Waals surface area contributed by atoms with Gasteiger partial charge in [-0.1, -0.05) is 0 Å². The molecule has 0 spiro atoms. The summed E-state index contributed by atoms with van der Waals surface area (Å²) in [6.45, 7) is 1.11. The molecular weight excluding hydrogens is 228 g/mol. The van der Waals surface area contributed by atoms with E-state index in [0.717, 1.165) is 21.1 Å². The third kappa shape index (κ3) is 4.55. The van der Waals surface area contributed by atoms with E-state index in [1.54, 1.807) is 0 Å². The van der Waals surface area contributed by atoms with E-state index in [1.807, 2.05) is 0 Å². The summed E-state index contributed by atoms with van der Waals surface area (Å²) in [6, 6.07) is 0. The summed E-state index contributed by atoms with van der Waals surface area (Å²) in [4.78, 5) is 33.7. The molecule has 0 aromatic carbocycles. The van der Waals surface area contributed by atoms with Gasteiger partial charge in [0.05, 0.1) is 14.2 Å². The van der Waals surface area contributed by atoms with Crippen molar-refractivity contribution in [2.24, 2.45) is 5.92 Å². The Morgan fingerprint density at radius 3 is 2.06 bits per heavy atom. The maximum absolute atomic E-state index is 11.4. The average Bonchev–Trinajstić information content (AvgIpc) is 2.31. The molecule has 0 aromatic rings. The van der Waals surface area contributed by atoms with Gasteiger partial charge < -0.3 is 14.2 Å². The number of hydrogen-bond donors (Lipinski definition) is 0. The monoisotopic (exact) mass is 242 g/mol. The van der Waals surface area contributed by atoms with Crippen molar-refractivity contribution in [2.75, 3.05) is 14.2 Å². The van der Waals surface area contributed by atoms with Crippen molar-refractivity contribution >= 4 is 17.9 Å². The van der Waals surface area contributed by atoms with Gasteiger partial charge in [-0.2, -0.15) is 0 Å². The van der Waals surface area contributed by atoms with Crippen LogP contribution in [0.25, 0.3) is 0 Å². The first-order valence-corrected chi connectivity index (χ1v) is 4.74. The molecule has 0 unspecified atom stereocenters. The zero-order chi connectivity index (χ0) is 13.4. The number of hydrogen-bond acceptors (Lipinski definition) is 6. The summed E-state index contributed by atoms with van der Waals surface area (Å²) in [5.74, 6) is -1.16. The van der Waals surface area contributed by atoms with Gasteiger partial charge in [0, 0.05) is 13.3 Å². The Hall–Kier alpha value is -2.03. The molecule has 17 heavy (non-hydrogen) atoms. The predicted octanol–water partition coefficient (Wildman–Crippen LogP) is -0.0964. The molecule has 0 fully saturated rings. The van der Waals surface area contributed by atoms with Crippen LogP contribution in [0.2, 0.25) is 0 Å². The molecule has 0 aliphatic heterocycles. The number of carbonyl (C=O) groups is 3. The van der Waals surface area contributed by atoms with Crippen LogP contribution in [0.15, 0.2) is 0 Å². The average molecular weight is 242 g/mol. The SMILES string of the molecule is C#CC[C@H](C(=O)OC)[C@@H](OC(C)=O)C(=O)OC. The number of ether oxygens (including phenoxy) is 3. The third-order valence-corrected chi connectivity index (χ3v) is 1.93. The molecule has 2 atom stereocenters. The lowest BCUT2D eigenvalue weighted by Gasteiger charge is -2.20. The lowest BCUT2D eigenvalue weighted by atomic mass is 9.99. The van der Waals surface area contributed by atoms with Crippen LogP contribution in [0.4, 0.5) is 0 Å². The molecular formula is C11H14O6. The fourth-order valence-electron chi connectivity index (χ4n) is 1.18. The van der Waals surface area contributed by atoms with E-state index in [4.69, 9.17) is 11.2 Å². The van der Waals surface area contributed by atoms with Crippen LogP contribution in [-0.2, 0) is 28.6 Å². The first kappa shape index (κ1) is 15.0. The summed E-state index contributed by atoms with van der Waals surface area (Å²) in [7, 11) is 2.26. The Kier molecular flexibility index (Phi) is 6.41. The number of esters is 3. The van der Waals surface area contributed by atoms with Crippen molar-refractivity contribution in [1.29, 1.82) is 0 Å². The molecule has 0 N–H and O–H groups in total. The van der Waals surface area contributed by atoms with E-state index < -0.39 is 29.9 Å². The molecule has 0 heterocycles. The molecule has 0 aliphatic carbocycles. The van der Waals surface area contributed by atoms with Crippen molar-refractivity contribution in [3.8, 4) is 12.3 Å². The molecule has 0 saturated heterocycles. The van der Waals surface area contributed by atoms with Crippen molar-refractivity contribution < 1.29 is 28.6 Å². The largest absolute Gasteiger partial charge is 0.469 e. The van der Waals surface area contributed by atoms with E-state index in [0.29, 0.717) is 0 Å². The van der Waals surface area contributed by atoms with Gasteiger partial charge in [0.1, 0.15) is 5.92 Å². The Morgan fingerprint density at radius 1 is 1.18 bits per heavy atom. The van der Waals surface area contributed by atoms with Gasteiger partial charge in [-0.25, -0.2) is 4.79 Å². The maximum atomic E-state index is 11.4. The highest BCUT2D eigenvalue weighted by Gasteiger charge is 2.37. The lowest BCUT2D eigenvalue weighted by Crippen LogP contribution is -2.39. The number of methoxy groups -OCH3 is 2. The summed E-state index contributed by atoms with van der Waals surface area (Å²) in [5.41, 5.74) is 0. The van der Waals surface area contributed by atoms with Crippen LogP contribution in [0.3, 0.4) is 0 Å². The second kappa shape index (κ2) is 7.28. The molecule has 0 bridgehead atoms. The van der Waals surface area contributed by atoms with E-state index in [9.17, 15) is 14.4 Å². The van der Waals surface area contributed by atoms with Crippen LogP contribution >= 0.6 is 0 Å². The third-order valence-electron chi connectivity index (χ3n) is 1.93. The fraction of sp³-hybridized carbons (Fsp3) is 0.545. The Morgan fingerprint density at radius 2 is 1.71 bits per heavy atom. The summed E-state index contributed by atoms with van der Waals surface area (Å²) in [6.07, 6.45) is 3.60. The molecule has 0 radical (unpaired) electrons. The van der Waals surface area contributed by atoms with Gasteiger partial charge in [0.2, 0.25) is 6.10 Å². The number of rotatable bonds is 5. The van der Waals surface area contributed by atoms with Gasteiger partial charge in [-0.05, 0) is 0 Å². The topological polar surface area (TPSA) is 78.9 Å². The smallest absolute Gasteiger partial charge is 0.348 e. The normalized spacial score (nSPS) is 12.8. The van der Waals surface area contributed by atoms with Gasteiger partial charge in [0.25, 0.3) is 0 Å². The van der Waals surface area contributed by atoms with Gasteiger partial charge >= 0.3 is 17.9 Å². The first-order valence-electron chi connectivity index (χ1n) is 4.74. The van der Waals surface area contributed by atoms with Gasteiger partial charge in [-0.3, -0.25) is 9.59 Å². The molecule has 0 aliphatic rings. The number of terminal acetylenes is 1. The zero-order valence-corrected chi connectivity index (χ0v) is 9.89. The molecule has 0 aromatic heterocycles. The van der Waals surface area contributed by atoms with Crippen molar-refractivity contribution in [2.45, 2.75) is 19.4 Å². The Bertz CT molecular complexity index is 340.